The van der Waals surface area contributed by atoms with E-state index in [2.05, 4.69) is 0 Å². The number of carbonyl (C=O) groups is 4. The zero-order valence-electron chi connectivity index (χ0n) is 15.4. The number of carbonyl (C=O) groups excluding carboxylic acids is 4. The van der Waals surface area contributed by atoms with Crippen molar-refractivity contribution in [3.8, 4) is 0 Å². The number of benzene rings is 2. The molecule has 0 aromatic heterocycles. The molecule has 1 aliphatic heterocycles. The molecular weight excluding hydrogens is 405 g/mol. The molecule has 0 spiro atoms. The molecular formula is C20H15F3N2O5. The van der Waals surface area contributed by atoms with Gasteiger partial charge < -0.3 is 10.1 Å². The second-order valence-corrected chi connectivity index (χ2v) is 6.41. The van der Waals surface area contributed by atoms with Gasteiger partial charge in [-0.25, -0.2) is 4.79 Å². The fourth-order valence-electron chi connectivity index (χ4n) is 2.83. The van der Waals surface area contributed by atoms with Crippen molar-refractivity contribution < 1.29 is 37.1 Å². The molecule has 0 fully saturated rings. The lowest BCUT2D eigenvalue weighted by molar-refractivity contribution is -0.140. The number of alkyl halides is 3. The van der Waals surface area contributed by atoms with Crippen molar-refractivity contribution in [2.75, 3.05) is 13.2 Å². The van der Waals surface area contributed by atoms with Gasteiger partial charge in [0.15, 0.2) is 6.61 Å². The Morgan fingerprint density at radius 1 is 0.967 bits per heavy atom. The number of halogens is 3. The van der Waals surface area contributed by atoms with Crippen LogP contribution in [0.15, 0.2) is 48.5 Å². The molecule has 7 nitrogen and oxygen atoms in total. The van der Waals surface area contributed by atoms with Crippen molar-refractivity contribution in [3.05, 3.63) is 70.8 Å². The minimum atomic E-state index is -4.57. The van der Waals surface area contributed by atoms with Crippen molar-refractivity contribution >= 4 is 23.7 Å². The SMILES string of the molecule is O=C(COC(=O)c1cccc(CN2C(=O)c3ccccc3C2=O)c1)NCC(F)(F)F. The van der Waals surface area contributed by atoms with E-state index in [-0.39, 0.29) is 12.1 Å². The van der Waals surface area contributed by atoms with Gasteiger partial charge in [0.05, 0.1) is 23.2 Å². The molecule has 0 saturated heterocycles. The van der Waals surface area contributed by atoms with Crippen LogP contribution >= 0.6 is 0 Å². The molecule has 1 N–H and O–H groups in total. The number of esters is 1. The van der Waals surface area contributed by atoms with Crippen molar-refractivity contribution in [2.45, 2.75) is 12.7 Å². The van der Waals surface area contributed by atoms with Gasteiger partial charge in [-0.2, -0.15) is 13.2 Å². The molecule has 1 aliphatic rings. The number of ether oxygens (including phenoxy) is 1. The van der Waals surface area contributed by atoms with E-state index in [0.29, 0.717) is 16.7 Å². The van der Waals surface area contributed by atoms with E-state index in [4.69, 9.17) is 4.74 Å². The summed E-state index contributed by atoms with van der Waals surface area (Å²) in [7, 11) is 0. The predicted molar refractivity (Wildman–Crippen MR) is 96.4 cm³/mol. The molecule has 0 atom stereocenters. The van der Waals surface area contributed by atoms with Crippen molar-refractivity contribution in [1.29, 1.82) is 0 Å². The smallest absolute Gasteiger partial charge is 0.405 e. The van der Waals surface area contributed by atoms with E-state index in [1.54, 1.807) is 35.6 Å². The van der Waals surface area contributed by atoms with Crippen LogP contribution in [0, 0.1) is 0 Å². The first-order chi connectivity index (χ1) is 14.2. The molecule has 0 aliphatic carbocycles. The Bertz CT molecular complexity index is 984. The second-order valence-electron chi connectivity index (χ2n) is 6.41. The molecule has 0 unspecified atom stereocenters. The Labute approximate surface area is 168 Å². The summed E-state index contributed by atoms with van der Waals surface area (Å²) in [6, 6.07) is 12.2. The summed E-state index contributed by atoms with van der Waals surface area (Å²) in [5.41, 5.74) is 1.07. The average molecular weight is 420 g/mol. The van der Waals surface area contributed by atoms with Gasteiger partial charge >= 0.3 is 12.1 Å². The summed E-state index contributed by atoms with van der Waals surface area (Å²) in [5.74, 6) is -2.93. The Kier molecular flexibility index (Phi) is 5.86. The summed E-state index contributed by atoms with van der Waals surface area (Å²) in [6.07, 6.45) is -4.57. The highest BCUT2D eigenvalue weighted by atomic mass is 19.4. The van der Waals surface area contributed by atoms with Crippen LogP contribution in [0.25, 0.3) is 0 Å². The summed E-state index contributed by atoms with van der Waals surface area (Å²) in [6.45, 7) is -2.49. The zero-order chi connectivity index (χ0) is 21.9. The van der Waals surface area contributed by atoms with Gasteiger partial charge in [-0.15, -0.1) is 0 Å². The van der Waals surface area contributed by atoms with Crippen LogP contribution in [0.3, 0.4) is 0 Å². The number of fused-ring (bicyclic) bond motifs is 1. The molecule has 0 radical (unpaired) electrons. The molecule has 3 amide bonds. The third-order valence-corrected chi connectivity index (χ3v) is 4.20. The maximum absolute atomic E-state index is 12.4. The maximum Gasteiger partial charge on any atom is 0.405 e. The van der Waals surface area contributed by atoms with Gasteiger partial charge in [0.25, 0.3) is 17.7 Å². The second kappa shape index (κ2) is 8.36. The highest BCUT2D eigenvalue weighted by molar-refractivity contribution is 6.21. The summed E-state index contributed by atoms with van der Waals surface area (Å²) < 4.78 is 40.9. The third-order valence-electron chi connectivity index (χ3n) is 4.20. The molecule has 1 heterocycles. The highest BCUT2D eigenvalue weighted by Crippen LogP contribution is 2.24. The topological polar surface area (TPSA) is 92.8 Å². The van der Waals surface area contributed by atoms with Gasteiger partial charge in [-0.05, 0) is 29.8 Å². The zero-order valence-corrected chi connectivity index (χ0v) is 15.4. The largest absolute Gasteiger partial charge is 0.452 e. The van der Waals surface area contributed by atoms with Gasteiger partial charge in [-0.1, -0.05) is 24.3 Å². The van der Waals surface area contributed by atoms with Gasteiger partial charge in [-0.3, -0.25) is 19.3 Å². The van der Waals surface area contributed by atoms with E-state index >= 15 is 0 Å². The summed E-state index contributed by atoms with van der Waals surface area (Å²) in [5, 5.41) is 1.58. The Hall–Kier alpha value is -3.69. The highest BCUT2D eigenvalue weighted by Gasteiger charge is 2.35. The number of hydrogen-bond donors (Lipinski definition) is 1. The molecule has 0 bridgehead atoms. The van der Waals surface area contributed by atoms with Crippen molar-refractivity contribution in [1.82, 2.24) is 10.2 Å². The third kappa shape index (κ3) is 4.83. The predicted octanol–water partition coefficient (Wildman–Crippen LogP) is 2.32. The van der Waals surface area contributed by atoms with Crippen LogP contribution < -0.4 is 5.32 Å². The van der Waals surface area contributed by atoms with E-state index in [0.717, 1.165) is 4.90 Å². The van der Waals surface area contributed by atoms with Crippen molar-refractivity contribution in [2.24, 2.45) is 0 Å². The lowest BCUT2D eigenvalue weighted by Crippen LogP contribution is -2.36. The Morgan fingerprint density at radius 2 is 1.60 bits per heavy atom. The Balaban J connectivity index is 1.61. The number of nitrogens with one attached hydrogen (secondary N) is 1. The van der Waals surface area contributed by atoms with Crippen LogP contribution in [0.2, 0.25) is 0 Å². The van der Waals surface area contributed by atoms with E-state index < -0.39 is 43.0 Å². The fraction of sp³-hybridized carbons (Fsp3) is 0.200. The van der Waals surface area contributed by atoms with E-state index in [1.165, 1.54) is 18.2 Å². The lowest BCUT2D eigenvalue weighted by Gasteiger charge is -2.14. The molecule has 3 rings (SSSR count). The van der Waals surface area contributed by atoms with Crippen LogP contribution in [0.1, 0.15) is 36.6 Å². The van der Waals surface area contributed by atoms with Gasteiger partial charge in [0, 0.05) is 0 Å². The normalized spacial score (nSPS) is 13.2. The first-order valence-corrected chi connectivity index (χ1v) is 8.70. The molecule has 156 valence electrons. The summed E-state index contributed by atoms with van der Waals surface area (Å²) >= 11 is 0. The molecule has 2 aromatic rings. The Morgan fingerprint density at radius 3 is 2.20 bits per heavy atom. The number of nitrogens with zero attached hydrogens (tertiary/aromatic N) is 1. The molecule has 0 saturated carbocycles. The van der Waals surface area contributed by atoms with Gasteiger partial charge in [0.2, 0.25) is 0 Å². The molecule has 2 aromatic carbocycles. The maximum atomic E-state index is 12.4. The quantitative estimate of drug-likeness (QED) is 0.572. The van der Waals surface area contributed by atoms with Crippen LogP contribution in [0.4, 0.5) is 13.2 Å². The molecule has 10 heteroatoms. The first kappa shape index (κ1) is 21.0. The standard InChI is InChI=1S/C20H15F3N2O5/c21-20(22,23)11-24-16(26)10-30-19(29)13-5-3-4-12(8-13)9-25-17(27)14-6-1-2-7-15(14)18(25)28/h1-8H,9-11H2,(H,24,26). The molecule has 30 heavy (non-hydrogen) atoms. The van der Waals surface area contributed by atoms with E-state index in [1.807, 2.05) is 0 Å². The number of rotatable bonds is 6. The number of hydrogen-bond acceptors (Lipinski definition) is 5. The average Bonchev–Trinajstić information content (AvgIpc) is 2.95. The van der Waals surface area contributed by atoms with Gasteiger partial charge in [0.1, 0.15) is 6.54 Å². The van der Waals surface area contributed by atoms with Crippen molar-refractivity contribution in [3.63, 3.8) is 0 Å². The van der Waals surface area contributed by atoms with E-state index in [9.17, 15) is 32.3 Å². The lowest BCUT2D eigenvalue weighted by atomic mass is 10.1. The number of amides is 3. The fourth-order valence-corrected chi connectivity index (χ4v) is 2.83. The van der Waals surface area contributed by atoms with Crippen LogP contribution in [-0.2, 0) is 16.1 Å². The minimum absolute atomic E-state index is 0.0210. The van der Waals surface area contributed by atoms with Crippen LogP contribution in [0.5, 0.6) is 0 Å². The summed E-state index contributed by atoms with van der Waals surface area (Å²) in [4.78, 5) is 49.3. The van der Waals surface area contributed by atoms with Crippen LogP contribution in [-0.4, -0.2) is 47.9 Å². The number of imide groups is 1. The monoisotopic (exact) mass is 420 g/mol. The first-order valence-electron chi connectivity index (χ1n) is 8.70. The minimum Gasteiger partial charge on any atom is -0.452 e.